The monoisotopic (exact) mass is 322 g/mol. The molecule has 2 N–H and O–H groups in total. The molecule has 2 heterocycles. The smallest absolute Gasteiger partial charge is 0.232 e. The Hall–Kier alpha value is -1.75. The van der Waals surface area contributed by atoms with Crippen molar-refractivity contribution in [2.45, 2.75) is 45.6 Å². The first-order chi connectivity index (χ1) is 9.95. The summed E-state index contributed by atoms with van der Waals surface area (Å²) in [4.78, 5) is 6.80. The van der Waals surface area contributed by atoms with Gasteiger partial charge in [-0.05, 0) is 30.5 Å². The fourth-order valence-corrected chi connectivity index (χ4v) is 2.69. The summed E-state index contributed by atoms with van der Waals surface area (Å²) in [6.07, 6.45) is 2.14. The van der Waals surface area contributed by atoms with Crippen LogP contribution in [0, 0.1) is 0 Å². The summed E-state index contributed by atoms with van der Waals surface area (Å²) in [7, 11) is 0. The second kappa shape index (κ2) is 6.16. The molecule has 0 saturated heterocycles. The van der Waals surface area contributed by atoms with Crippen LogP contribution in [0.1, 0.15) is 44.5 Å². The van der Waals surface area contributed by atoms with Crippen LogP contribution in [-0.2, 0) is 18.4 Å². The molecular formula is C16H23ClN4O. The third-order valence-electron chi connectivity index (χ3n) is 3.82. The Labute approximate surface area is 137 Å². The molecule has 0 spiro atoms. The van der Waals surface area contributed by atoms with Crippen LogP contribution >= 0.6 is 12.4 Å². The highest BCUT2D eigenvalue weighted by Crippen LogP contribution is 2.32. The molecular weight excluding hydrogens is 300 g/mol. The largest absolute Gasteiger partial charge is 0.398 e. The van der Waals surface area contributed by atoms with Crippen LogP contribution in [0.3, 0.4) is 0 Å². The molecule has 6 heteroatoms. The Morgan fingerprint density at radius 1 is 1.32 bits per heavy atom. The number of hydrogen-bond donors (Lipinski definition) is 1. The lowest BCUT2D eigenvalue weighted by atomic mass is 9.97. The molecule has 1 aliphatic rings. The summed E-state index contributed by atoms with van der Waals surface area (Å²) < 4.78 is 5.37. The van der Waals surface area contributed by atoms with Crippen molar-refractivity contribution in [1.82, 2.24) is 10.1 Å². The SMILES string of the molecule is CC(C)(C)c1nc(CN2CCCc3c(N)cccc32)no1.Cl. The lowest BCUT2D eigenvalue weighted by Crippen LogP contribution is -2.29. The summed E-state index contributed by atoms with van der Waals surface area (Å²) in [6, 6.07) is 6.09. The van der Waals surface area contributed by atoms with Gasteiger partial charge in [0.1, 0.15) is 0 Å². The number of fused-ring (bicyclic) bond motifs is 1. The minimum absolute atomic E-state index is 0. The zero-order valence-electron chi connectivity index (χ0n) is 13.3. The molecule has 0 radical (unpaired) electrons. The van der Waals surface area contributed by atoms with Crippen LogP contribution < -0.4 is 10.6 Å². The molecule has 0 fully saturated rings. The van der Waals surface area contributed by atoms with E-state index in [9.17, 15) is 0 Å². The first-order valence-corrected chi connectivity index (χ1v) is 7.40. The van der Waals surface area contributed by atoms with Gasteiger partial charge in [-0.1, -0.05) is 32.0 Å². The topological polar surface area (TPSA) is 68.2 Å². The van der Waals surface area contributed by atoms with Gasteiger partial charge in [0.2, 0.25) is 5.89 Å². The number of benzene rings is 1. The molecule has 2 aromatic rings. The third kappa shape index (κ3) is 3.19. The average Bonchev–Trinajstić information content (AvgIpc) is 2.89. The predicted molar refractivity (Wildman–Crippen MR) is 90.5 cm³/mol. The molecule has 120 valence electrons. The van der Waals surface area contributed by atoms with E-state index in [4.69, 9.17) is 10.3 Å². The minimum atomic E-state index is -0.116. The van der Waals surface area contributed by atoms with Crippen molar-refractivity contribution in [3.63, 3.8) is 0 Å². The van der Waals surface area contributed by atoms with Crippen molar-refractivity contribution in [3.8, 4) is 0 Å². The number of nitrogens with two attached hydrogens (primary N) is 1. The van der Waals surface area contributed by atoms with Crippen molar-refractivity contribution in [3.05, 3.63) is 35.5 Å². The van der Waals surface area contributed by atoms with Crippen molar-refractivity contribution >= 4 is 23.8 Å². The fraction of sp³-hybridized carbons (Fsp3) is 0.500. The van der Waals surface area contributed by atoms with E-state index >= 15 is 0 Å². The van der Waals surface area contributed by atoms with Gasteiger partial charge in [0.25, 0.3) is 0 Å². The zero-order valence-corrected chi connectivity index (χ0v) is 14.1. The van der Waals surface area contributed by atoms with Gasteiger partial charge in [0.15, 0.2) is 5.82 Å². The number of hydrogen-bond acceptors (Lipinski definition) is 5. The van der Waals surface area contributed by atoms with Crippen molar-refractivity contribution in [2.24, 2.45) is 0 Å². The van der Waals surface area contributed by atoms with Crippen LogP contribution in [0.5, 0.6) is 0 Å². The van der Waals surface area contributed by atoms with E-state index < -0.39 is 0 Å². The molecule has 0 bridgehead atoms. The quantitative estimate of drug-likeness (QED) is 0.859. The Morgan fingerprint density at radius 3 is 2.77 bits per heavy atom. The molecule has 0 unspecified atom stereocenters. The maximum Gasteiger partial charge on any atom is 0.232 e. The van der Waals surface area contributed by atoms with E-state index in [1.54, 1.807) is 0 Å². The second-order valence-corrected chi connectivity index (χ2v) is 6.64. The van der Waals surface area contributed by atoms with Crippen molar-refractivity contribution < 1.29 is 4.52 Å². The van der Waals surface area contributed by atoms with Crippen LogP contribution in [0.15, 0.2) is 22.7 Å². The Balaban J connectivity index is 0.00000176. The molecule has 5 nitrogen and oxygen atoms in total. The second-order valence-electron chi connectivity index (χ2n) is 6.64. The lowest BCUT2D eigenvalue weighted by molar-refractivity contribution is 0.318. The number of nitrogens with zero attached hydrogens (tertiary/aromatic N) is 3. The van der Waals surface area contributed by atoms with Crippen molar-refractivity contribution in [2.75, 3.05) is 17.2 Å². The highest BCUT2D eigenvalue weighted by Gasteiger charge is 2.24. The summed E-state index contributed by atoms with van der Waals surface area (Å²) in [5.41, 5.74) is 9.28. The summed E-state index contributed by atoms with van der Waals surface area (Å²) in [6.45, 7) is 7.87. The average molecular weight is 323 g/mol. The van der Waals surface area contributed by atoms with Crippen LogP contribution in [0.25, 0.3) is 0 Å². The van der Waals surface area contributed by atoms with Gasteiger partial charge in [-0.15, -0.1) is 12.4 Å². The minimum Gasteiger partial charge on any atom is -0.398 e. The van der Waals surface area contributed by atoms with Crippen LogP contribution in [0.4, 0.5) is 11.4 Å². The van der Waals surface area contributed by atoms with Gasteiger partial charge in [0, 0.05) is 23.3 Å². The molecule has 1 aliphatic heterocycles. The highest BCUT2D eigenvalue weighted by atomic mass is 35.5. The lowest BCUT2D eigenvalue weighted by Gasteiger charge is -2.31. The van der Waals surface area contributed by atoms with Gasteiger partial charge in [-0.3, -0.25) is 0 Å². The maximum absolute atomic E-state index is 6.08. The van der Waals surface area contributed by atoms with Gasteiger partial charge < -0.3 is 15.2 Å². The van der Waals surface area contributed by atoms with Gasteiger partial charge in [0.05, 0.1) is 6.54 Å². The molecule has 22 heavy (non-hydrogen) atoms. The third-order valence-corrected chi connectivity index (χ3v) is 3.82. The normalized spacial score (nSPS) is 14.4. The van der Waals surface area contributed by atoms with E-state index in [0.717, 1.165) is 30.9 Å². The molecule has 0 atom stereocenters. The van der Waals surface area contributed by atoms with Gasteiger partial charge >= 0.3 is 0 Å². The van der Waals surface area contributed by atoms with Crippen molar-refractivity contribution in [1.29, 1.82) is 0 Å². The Morgan fingerprint density at radius 2 is 2.09 bits per heavy atom. The number of aromatic nitrogens is 2. The number of anilines is 2. The summed E-state index contributed by atoms with van der Waals surface area (Å²) in [5.74, 6) is 1.41. The Kier molecular flexibility index (Phi) is 4.66. The highest BCUT2D eigenvalue weighted by molar-refractivity contribution is 5.85. The van der Waals surface area contributed by atoms with E-state index in [2.05, 4.69) is 41.9 Å². The number of nitrogen functional groups attached to an aromatic ring is 1. The molecule has 0 aliphatic carbocycles. The van der Waals surface area contributed by atoms with Gasteiger partial charge in [-0.25, -0.2) is 0 Å². The zero-order chi connectivity index (χ0) is 15.0. The number of halogens is 1. The van der Waals surface area contributed by atoms with E-state index in [1.165, 1.54) is 11.3 Å². The van der Waals surface area contributed by atoms with Crippen LogP contribution in [-0.4, -0.2) is 16.7 Å². The van der Waals surface area contributed by atoms with E-state index in [-0.39, 0.29) is 17.8 Å². The first kappa shape index (κ1) is 16.6. The molecule has 1 aromatic carbocycles. The summed E-state index contributed by atoms with van der Waals surface area (Å²) >= 11 is 0. The standard InChI is InChI=1S/C16H22N4O.ClH/c1-16(2,3)15-18-14(19-21-15)10-20-9-5-6-11-12(17)7-4-8-13(11)20;/h4,7-8H,5-6,9-10,17H2,1-3H3;1H. The van der Waals surface area contributed by atoms with E-state index in [1.807, 2.05) is 12.1 Å². The molecule has 0 amide bonds. The maximum atomic E-state index is 6.08. The Bertz CT molecular complexity index is 648. The molecule has 3 rings (SSSR count). The van der Waals surface area contributed by atoms with E-state index in [0.29, 0.717) is 12.4 Å². The predicted octanol–water partition coefficient (Wildman–Crippen LogP) is 3.32. The summed E-state index contributed by atoms with van der Waals surface area (Å²) in [5, 5.41) is 4.11. The van der Waals surface area contributed by atoms with Gasteiger partial charge in [-0.2, -0.15) is 4.98 Å². The molecule has 0 saturated carbocycles. The number of rotatable bonds is 2. The molecule has 1 aromatic heterocycles. The fourth-order valence-electron chi connectivity index (χ4n) is 2.69. The first-order valence-electron chi connectivity index (χ1n) is 7.40. The van der Waals surface area contributed by atoms with Crippen LogP contribution in [0.2, 0.25) is 0 Å².